The highest BCUT2D eigenvalue weighted by atomic mass is 35.5. The number of rotatable bonds is 12. The van der Waals surface area contributed by atoms with Gasteiger partial charge in [0.2, 0.25) is 11.8 Å². The van der Waals surface area contributed by atoms with Crippen LogP contribution in [0, 0.1) is 0 Å². The summed E-state index contributed by atoms with van der Waals surface area (Å²) in [4.78, 5) is 43.0. The maximum atomic E-state index is 13.3. The quantitative estimate of drug-likeness (QED) is 0.179. The zero-order valence-corrected chi connectivity index (χ0v) is 23.1. The van der Waals surface area contributed by atoms with Gasteiger partial charge in [-0.3, -0.25) is 19.0 Å². The molecule has 1 heterocycles. The van der Waals surface area contributed by atoms with Gasteiger partial charge >= 0.3 is 0 Å². The number of fused-ring (bicyclic) bond motifs is 1. The Hall–Kier alpha value is -3.82. The minimum Gasteiger partial charge on any atom is -0.494 e. The molecule has 4 rings (SSSR count). The van der Waals surface area contributed by atoms with Crippen molar-refractivity contribution in [2.75, 3.05) is 17.7 Å². The number of carbonyl (C=O) groups is 2. The number of amides is 2. The third kappa shape index (κ3) is 8.08. The summed E-state index contributed by atoms with van der Waals surface area (Å²) in [6.07, 6.45) is 0.676. The van der Waals surface area contributed by atoms with E-state index in [1.807, 2.05) is 25.1 Å². The highest BCUT2D eigenvalue weighted by Gasteiger charge is 2.14. The number of benzene rings is 3. The van der Waals surface area contributed by atoms with Gasteiger partial charge in [0.1, 0.15) is 5.75 Å². The van der Waals surface area contributed by atoms with Gasteiger partial charge in [0.05, 0.1) is 23.3 Å². The number of para-hydroxylation sites is 1. The van der Waals surface area contributed by atoms with Crippen LogP contribution in [0.4, 0.5) is 5.69 Å². The number of nitrogens with one attached hydrogen (secondary N) is 2. The normalized spacial score (nSPS) is 10.8. The fraction of sp³-hybridized carbons (Fsp3) is 0.241. The molecule has 39 heavy (non-hydrogen) atoms. The van der Waals surface area contributed by atoms with Crippen LogP contribution in [0.2, 0.25) is 5.02 Å². The van der Waals surface area contributed by atoms with E-state index in [2.05, 4.69) is 15.6 Å². The maximum Gasteiger partial charge on any atom is 0.262 e. The summed E-state index contributed by atoms with van der Waals surface area (Å²) in [5.41, 5.74) is 1.92. The Kier molecular flexibility index (Phi) is 9.99. The molecule has 202 valence electrons. The Morgan fingerprint density at radius 3 is 2.59 bits per heavy atom. The second-order valence-corrected chi connectivity index (χ2v) is 10.1. The van der Waals surface area contributed by atoms with Crippen molar-refractivity contribution in [1.82, 2.24) is 14.9 Å². The molecular weight excluding hydrogens is 536 g/mol. The molecular formula is C29H29ClN4O4S. The number of hydrogen-bond donors (Lipinski definition) is 2. The Labute approximate surface area is 235 Å². The fourth-order valence-electron chi connectivity index (χ4n) is 3.92. The molecule has 3 aromatic carbocycles. The van der Waals surface area contributed by atoms with Gasteiger partial charge in [-0.05, 0) is 67.4 Å². The first kappa shape index (κ1) is 28.2. The molecule has 1 aromatic heterocycles. The van der Waals surface area contributed by atoms with Crippen LogP contribution in [0.15, 0.2) is 82.7 Å². The summed E-state index contributed by atoms with van der Waals surface area (Å²) >= 11 is 7.19. The van der Waals surface area contributed by atoms with Crippen molar-refractivity contribution in [3.8, 4) is 5.75 Å². The third-order valence-corrected chi connectivity index (χ3v) is 6.98. The average Bonchev–Trinajstić information content (AvgIpc) is 2.93. The zero-order chi connectivity index (χ0) is 27.6. The minimum atomic E-state index is -0.224. The van der Waals surface area contributed by atoms with Gasteiger partial charge in [0, 0.05) is 30.2 Å². The van der Waals surface area contributed by atoms with Crippen LogP contribution < -0.4 is 20.9 Å². The van der Waals surface area contributed by atoms with Crippen LogP contribution in [0.3, 0.4) is 0 Å². The molecule has 0 aliphatic rings. The molecule has 0 spiro atoms. The summed E-state index contributed by atoms with van der Waals surface area (Å²) in [6.45, 7) is 3.15. The number of aromatic nitrogens is 2. The lowest BCUT2D eigenvalue weighted by atomic mass is 10.2. The molecule has 4 aromatic rings. The molecule has 0 fully saturated rings. The molecule has 0 aliphatic carbocycles. The molecule has 10 heteroatoms. The van der Waals surface area contributed by atoms with Crippen molar-refractivity contribution < 1.29 is 14.3 Å². The van der Waals surface area contributed by atoms with Crippen LogP contribution in [-0.2, 0) is 22.7 Å². The van der Waals surface area contributed by atoms with Gasteiger partial charge in [0.15, 0.2) is 5.16 Å². The van der Waals surface area contributed by atoms with E-state index in [4.69, 9.17) is 16.3 Å². The van der Waals surface area contributed by atoms with E-state index < -0.39 is 0 Å². The molecule has 0 saturated carbocycles. The first-order chi connectivity index (χ1) is 18.9. The van der Waals surface area contributed by atoms with Crippen LogP contribution >= 0.6 is 23.4 Å². The number of anilines is 1. The number of thioether (sulfide) groups is 1. The van der Waals surface area contributed by atoms with Gasteiger partial charge in [-0.15, -0.1) is 0 Å². The Balaban J connectivity index is 1.38. The van der Waals surface area contributed by atoms with E-state index in [0.29, 0.717) is 52.9 Å². The predicted molar refractivity (Wildman–Crippen MR) is 156 cm³/mol. The van der Waals surface area contributed by atoms with Crippen LogP contribution in [0.5, 0.6) is 5.75 Å². The standard InChI is InChI=1S/C29H29ClN4O4S/c1-2-38-23-14-12-22(13-15-23)32-27(36)19-39-29-33-25-10-4-3-9-24(25)28(37)34(29)16-6-11-26(35)31-18-20-7-5-8-21(30)17-20/h3-5,7-10,12-15,17H,2,6,11,16,18-19H2,1H3,(H,31,35)(H,32,36). The Morgan fingerprint density at radius 1 is 1.03 bits per heavy atom. The van der Waals surface area contributed by atoms with E-state index >= 15 is 0 Å². The number of halogens is 1. The SMILES string of the molecule is CCOc1ccc(NC(=O)CSc2nc3ccccc3c(=O)n2CCCC(=O)NCc2cccc(Cl)c2)cc1. The number of hydrogen-bond acceptors (Lipinski definition) is 6. The monoisotopic (exact) mass is 564 g/mol. The predicted octanol–water partition coefficient (Wildman–Crippen LogP) is 5.28. The first-order valence-electron chi connectivity index (χ1n) is 12.6. The molecule has 0 atom stereocenters. The van der Waals surface area contributed by atoms with E-state index in [9.17, 15) is 14.4 Å². The lowest BCUT2D eigenvalue weighted by Crippen LogP contribution is -2.26. The van der Waals surface area contributed by atoms with Gasteiger partial charge in [-0.25, -0.2) is 4.98 Å². The molecule has 0 radical (unpaired) electrons. The second kappa shape index (κ2) is 13.8. The van der Waals surface area contributed by atoms with E-state index in [1.54, 1.807) is 59.2 Å². The summed E-state index contributed by atoms with van der Waals surface area (Å²) in [7, 11) is 0. The van der Waals surface area contributed by atoms with E-state index in [-0.39, 0.29) is 29.5 Å². The number of carbonyl (C=O) groups excluding carboxylic acids is 2. The van der Waals surface area contributed by atoms with Crippen LogP contribution in [-0.4, -0.2) is 33.7 Å². The summed E-state index contributed by atoms with van der Waals surface area (Å²) < 4.78 is 6.97. The molecule has 0 unspecified atom stereocenters. The smallest absolute Gasteiger partial charge is 0.262 e. The Bertz CT molecular complexity index is 1510. The number of ether oxygens (including phenoxy) is 1. The lowest BCUT2D eigenvalue weighted by molar-refractivity contribution is -0.121. The molecule has 8 nitrogen and oxygen atoms in total. The van der Waals surface area contributed by atoms with Gasteiger partial charge in [0.25, 0.3) is 5.56 Å². The largest absolute Gasteiger partial charge is 0.494 e. The van der Waals surface area contributed by atoms with Crippen molar-refractivity contribution in [3.63, 3.8) is 0 Å². The Morgan fingerprint density at radius 2 is 1.82 bits per heavy atom. The third-order valence-electron chi connectivity index (χ3n) is 5.77. The van der Waals surface area contributed by atoms with Crippen LogP contribution in [0.1, 0.15) is 25.3 Å². The second-order valence-electron chi connectivity index (χ2n) is 8.67. The minimum absolute atomic E-state index is 0.0676. The summed E-state index contributed by atoms with van der Waals surface area (Å²) in [6, 6.07) is 21.5. The van der Waals surface area contributed by atoms with Crippen molar-refractivity contribution in [1.29, 1.82) is 0 Å². The highest BCUT2D eigenvalue weighted by molar-refractivity contribution is 7.99. The number of nitrogens with zero attached hydrogens (tertiary/aromatic N) is 2. The molecule has 0 bridgehead atoms. The van der Waals surface area contributed by atoms with Gasteiger partial charge in [-0.1, -0.05) is 47.6 Å². The molecule has 2 amide bonds. The lowest BCUT2D eigenvalue weighted by Gasteiger charge is -2.13. The van der Waals surface area contributed by atoms with Crippen molar-refractivity contribution in [3.05, 3.63) is 93.7 Å². The van der Waals surface area contributed by atoms with Crippen molar-refractivity contribution >= 4 is 51.8 Å². The molecule has 2 N–H and O–H groups in total. The van der Waals surface area contributed by atoms with Crippen molar-refractivity contribution in [2.24, 2.45) is 0 Å². The van der Waals surface area contributed by atoms with Crippen molar-refractivity contribution in [2.45, 2.75) is 38.0 Å². The topological polar surface area (TPSA) is 102 Å². The highest BCUT2D eigenvalue weighted by Crippen LogP contribution is 2.20. The fourth-order valence-corrected chi connectivity index (χ4v) is 4.96. The first-order valence-corrected chi connectivity index (χ1v) is 14.0. The molecule has 0 aliphatic heterocycles. The summed E-state index contributed by atoms with van der Waals surface area (Å²) in [5, 5.41) is 7.26. The van der Waals surface area contributed by atoms with Crippen LogP contribution in [0.25, 0.3) is 10.9 Å². The zero-order valence-electron chi connectivity index (χ0n) is 21.5. The van der Waals surface area contributed by atoms with E-state index in [1.165, 1.54) is 11.8 Å². The van der Waals surface area contributed by atoms with Gasteiger partial charge in [-0.2, -0.15) is 0 Å². The average molecular weight is 565 g/mol. The maximum absolute atomic E-state index is 13.3. The van der Waals surface area contributed by atoms with Gasteiger partial charge < -0.3 is 15.4 Å². The van der Waals surface area contributed by atoms with E-state index in [0.717, 1.165) is 11.3 Å². The summed E-state index contributed by atoms with van der Waals surface area (Å²) in [5.74, 6) is 0.449. The molecule has 0 saturated heterocycles.